The number of halogens is 1. The number of amides is 1. The summed E-state index contributed by atoms with van der Waals surface area (Å²) in [6.07, 6.45) is 0.872. The first-order chi connectivity index (χ1) is 19.4. The zero-order chi connectivity index (χ0) is 29.8. The molecule has 1 amide bonds. The maximum Gasteiger partial charge on any atom is 0.410 e. The van der Waals surface area contributed by atoms with Crippen LogP contribution in [0.2, 0.25) is 0 Å². The zero-order valence-electron chi connectivity index (χ0n) is 23.6. The number of carbonyl (C=O) groups excluding carboxylic acids is 1. The quantitative estimate of drug-likeness (QED) is 0.190. The number of hydrogen-bond acceptors (Lipinski definition) is 6. The minimum atomic E-state index is -4.13. The molecular weight excluding hydrogens is 563 g/mol. The number of methoxy groups -OCH3 is 1. The van der Waals surface area contributed by atoms with Gasteiger partial charge in [-0.2, -0.15) is 0 Å². The molecule has 0 aliphatic carbocycles. The number of rotatable bonds is 9. The van der Waals surface area contributed by atoms with Crippen LogP contribution < -0.4 is 4.74 Å². The SMILES string of the molecule is COc1ccc(CSc2cccc(S(=O)(=O)n3cc(CN(C)C(=O)OC(C)(C)C)cc3-c3ccccc3F)c2)cc1. The highest BCUT2D eigenvalue weighted by molar-refractivity contribution is 7.98. The Balaban J connectivity index is 1.66. The van der Waals surface area contributed by atoms with Gasteiger partial charge in [0.05, 0.1) is 24.2 Å². The maximum absolute atomic E-state index is 14.9. The first-order valence-electron chi connectivity index (χ1n) is 12.9. The van der Waals surface area contributed by atoms with Crippen molar-refractivity contribution in [2.75, 3.05) is 14.2 Å². The average molecular weight is 597 g/mol. The molecule has 0 saturated heterocycles. The molecule has 0 fully saturated rings. The van der Waals surface area contributed by atoms with Crippen LogP contribution in [-0.4, -0.2) is 43.1 Å². The summed E-state index contributed by atoms with van der Waals surface area (Å²) in [6, 6.07) is 21.9. The lowest BCUT2D eigenvalue weighted by Crippen LogP contribution is -2.33. The molecule has 0 N–H and O–H groups in total. The summed E-state index contributed by atoms with van der Waals surface area (Å²) in [7, 11) is -0.954. The average Bonchev–Trinajstić information content (AvgIpc) is 3.36. The van der Waals surface area contributed by atoms with Crippen LogP contribution in [0.4, 0.5) is 9.18 Å². The zero-order valence-corrected chi connectivity index (χ0v) is 25.3. The van der Waals surface area contributed by atoms with Crippen LogP contribution in [0.25, 0.3) is 11.3 Å². The number of aromatic nitrogens is 1. The Labute approximate surface area is 245 Å². The normalized spacial score (nSPS) is 11.8. The predicted molar refractivity (Wildman–Crippen MR) is 159 cm³/mol. The first kappa shape index (κ1) is 30.2. The van der Waals surface area contributed by atoms with E-state index in [-0.39, 0.29) is 22.7 Å². The summed E-state index contributed by atoms with van der Waals surface area (Å²) in [5, 5.41) is 0. The van der Waals surface area contributed by atoms with Gasteiger partial charge in [0.2, 0.25) is 0 Å². The van der Waals surface area contributed by atoms with Crippen LogP contribution in [-0.2, 0) is 27.1 Å². The van der Waals surface area contributed by atoms with Gasteiger partial charge in [-0.05, 0) is 80.4 Å². The molecule has 216 valence electrons. The molecule has 41 heavy (non-hydrogen) atoms. The van der Waals surface area contributed by atoms with E-state index in [9.17, 15) is 17.6 Å². The lowest BCUT2D eigenvalue weighted by atomic mass is 10.1. The van der Waals surface area contributed by atoms with Crippen LogP contribution in [0, 0.1) is 5.82 Å². The van der Waals surface area contributed by atoms with Crippen LogP contribution in [0.15, 0.2) is 94.9 Å². The van der Waals surface area contributed by atoms with Crippen molar-refractivity contribution in [1.29, 1.82) is 0 Å². The smallest absolute Gasteiger partial charge is 0.410 e. The molecule has 0 unspecified atom stereocenters. The van der Waals surface area contributed by atoms with E-state index in [0.717, 1.165) is 20.2 Å². The number of benzene rings is 3. The van der Waals surface area contributed by atoms with Gasteiger partial charge < -0.3 is 14.4 Å². The van der Waals surface area contributed by atoms with Crippen molar-refractivity contribution in [3.05, 3.63) is 102 Å². The minimum absolute atomic E-state index is 0.0661. The van der Waals surface area contributed by atoms with E-state index in [1.54, 1.807) is 65.3 Å². The number of hydrogen-bond donors (Lipinski definition) is 0. The third-order valence-electron chi connectivity index (χ3n) is 6.04. The monoisotopic (exact) mass is 596 g/mol. The molecule has 4 rings (SSSR count). The first-order valence-corrected chi connectivity index (χ1v) is 15.3. The van der Waals surface area contributed by atoms with Gasteiger partial charge in [-0.1, -0.05) is 30.3 Å². The van der Waals surface area contributed by atoms with Gasteiger partial charge in [0.25, 0.3) is 10.0 Å². The predicted octanol–water partition coefficient (Wildman–Crippen LogP) is 7.20. The Bertz CT molecular complexity index is 1630. The largest absolute Gasteiger partial charge is 0.497 e. The third kappa shape index (κ3) is 7.51. The van der Waals surface area contributed by atoms with Gasteiger partial charge in [-0.15, -0.1) is 11.8 Å². The van der Waals surface area contributed by atoms with Crippen molar-refractivity contribution in [1.82, 2.24) is 8.87 Å². The molecule has 7 nitrogen and oxygen atoms in total. The van der Waals surface area contributed by atoms with Gasteiger partial charge in [0, 0.05) is 29.5 Å². The molecule has 0 aliphatic rings. The molecule has 0 atom stereocenters. The van der Waals surface area contributed by atoms with E-state index in [2.05, 4.69) is 0 Å². The molecule has 0 radical (unpaired) electrons. The van der Waals surface area contributed by atoms with Gasteiger partial charge >= 0.3 is 6.09 Å². The molecule has 0 spiro atoms. The van der Waals surface area contributed by atoms with Crippen molar-refractivity contribution in [3.8, 4) is 17.0 Å². The van der Waals surface area contributed by atoms with Crippen molar-refractivity contribution >= 4 is 27.9 Å². The second-order valence-corrected chi connectivity index (χ2v) is 13.3. The standard InChI is InChI=1S/C31H33FN2O5S2/c1-31(2,3)39-30(35)33(4)19-23-17-29(27-11-6-7-12-28(27)32)34(20-23)41(36,37)26-10-8-9-25(18-26)40-21-22-13-15-24(38-5)16-14-22/h6-18,20H,19,21H2,1-5H3. The second-order valence-electron chi connectivity index (χ2n) is 10.5. The molecule has 1 heterocycles. The lowest BCUT2D eigenvalue weighted by Gasteiger charge is -2.24. The summed E-state index contributed by atoms with van der Waals surface area (Å²) in [6.45, 7) is 5.36. The van der Waals surface area contributed by atoms with Crippen LogP contribution in [0.5, 0.6) is 5.75 Å². The molecule has 1 aromatic heterocycles. The molecule has 4 aromatic rings. The van der Waals surface area contributed by atoms with Crippen molar-refractivity contribution in [2.24, 2.45) is 0 Å². The van der Waals surface area contributed by atoms with E-state index < -0.39 is 27.5 Å². The third-order valence-corrected chi connectivity index (χ3v) is 8.78. The fourth-order valence-corrected chi connectivity index (χ4v) is 6.48. The summed E-state index contributed by atoms with van der Waals surface area (Å²) >= 11 is 1.50. The van der Waals surface area contributed by atoms with E-state index >= 15 is 0 Å². The van der Waals surface area contributed by atoms with Crippen LogP contribution >= 0.6 is 11.8 Å². The molecular formula is C31H33FN2O5S2. The summed E-state index contributed by atoms with van der Waals surface area (Å²) in [4.78, 5) is 14.7. The highest BCUT2D eigenvalue weighted by Crippen LogP contribution is 2.32. The Hall–Kier alpha value is -3.76. The fourth-order valence-electron chi connectivity index (χ4n) is 4.05. The number of nitrogens with zero attached hydrogens (tertiary/aromatic N) is 2. The van der Waals surface area contributed by atoms with E-state index in [4.69, 9.17) is 9.47 Å². The summed E-state index contributed by atoms with van der Waals surface area (Å²) in [5.41, 5.74) is 1.18. The van der Waals surface area contributed by atoms with Crippen LogP contribution in [0.3, 0.4) is 0 Å². The van der Waals surface area contributed by atoms with Gasteiger partial charge in [-0.25, -0.2) is 21.6 Å². The maximum atomic E-state index is 14.9. The van der Waals surface area contributed by atoms with E-state index in [1.165, 1.54) is 41.1 Å². The molecule has 10 heteroatoms. The molecule has 3 aromatic carbocycles. The van der Waals surface area contributed by atoms with Gasteiger partial charge in [-0.3, -0.25) is 0 Å². The van der Waals surface area contributed by atoms with Crippen molar-refractivity contribution in [2.45, 2.75) is 48.5 Å². The molecule has 0 aliphatic heterocycles. The topological polar surface area (TPSA) is 77.8 Å². The number of ether oxygens (including phenoxy) is 2. The Morgan fingerprint density at radius 1 is 0.976 bits per heavy atom. The Kier molecular flexibility index (Phi) is 9.14. The Morgan fingerprint density at radius 3 is 2.34 bits per heavy atom. The van der Waals surface area contributed by atoms with Gasteiger partial charge in [0.1, 0.15) is 17.2 Å². The van der Waals surface area contributed by atoms with Gasteiger partial charge in [0.15, 0.2) is 0 Å². The van der Waals surface area contributed by atoms with Crippen molar-refractivity contribution in [3.63, 3.8) is 0 Å². The second kappa shape index (κ2) is 12.4. The highest BCUT2D eigenvalue weighted by atomic mass is 32.2. The highest BCUT2D eigenvalue weighted by Gasteiger charge is 2.25. The Morgan fingerprint density at radius 2 is 1.68 bits per heavy atom. The molecule has 0 saturated carbocycles. The van der Waals surface area contributed by atoms with E-state index in [0.29, 0.717) is 11.3 Å². The minimum Gasteiger partial charge on any atom is -0.497 e. The van der Waals surface area contributed by atoms with Crippen molar-refractivity contribution < 1.29 is 27.1 Å². The van der Waals surface area contributed by atoms with Crippen LogP contribution in [0.1, 0.15) is 31.9 Å². The summed E-state index contributed by atoms with van der Waals surface area (Å²) < 4.78 is 54.5. The lowest BCUT2D eigenvalue weighted by molar-refractivity contribution is 0.0285. The fraction of sp³-hybridized carbons (Fsp3) is 0.258. The van der Waals surface area contributed by atoms with E-state index in [1.807, 2.05) is 30.3 Å². The molecule has 0 bridgehead atoms. The summed E-state index contributed by atoms with van der Waals surface area (Å²) in [5.74, 6) is 0.845. The number of thioether (sulfide) groups is 1. The number of carbonyl (C=O) groups is 1.